The lowest BCUT2D eigenvalue weighted by Gasteiger charge is -2.12. The fourth-order valence-corrected chi connectivity index (χ4v) is 2.97. The standard InChI is InChI=1S/C22H19N3O2/c1-26-17-11-7-15(8-12-17)21-19-5-3-4-6-20(19)22(25-24-21)23-16-9-13-18(27-2)14-10-16/h3-14H,1-2H3,(H,23,25). The van der Waals surface area contributed by atoms with Crippen LogP contribution in [0.1, 0.15) is 0 Å². The average molecular weight is 357 g/mol. The summed E-state index contributed by atoms with van der Waals surface area (Å²) >= 11 is 0. The Labute approximate surface area is 157 Å². The summed E-state index contributed by atoms with van der Waals surface area (Å²) in [7, 11) is 3.31. The maximum Gasteiger partial charge on any atom is 0.161 e. The summed E-state index contributed by atoms with van der Waals surface area (Å²) in [5.41, 5.74) is 2.76. The summed E-state index contributed by atoms with van der Waals surface area (Å²) in [6.45, 7) is 0. The molecule has 0 saturated heterocycles. The molecule has 0 spiro atoms. The molecule has 5 nitrogen and oxygen atoms in total. The Hall–Kier alpha value is -3.60. The van der Waals surface area contributed by atoms with Gasteiger partial charge in [0.25, 0.3) is 0 Å². The molecule has 27 heavy (non-hydrogen) atoms. The van der Waals surface area contributed by atoms with Crippen LogP contribution in [-0.4, -0.2) is 24.4 Å². The van der Waals surface area contributed by atoms with E-state index in [4.69, 9.17) is 9.47 Å². The van der Waals surface area contributed by atoms with Crippen LogP contribution in [0, 0.1) is 0 Å². The molecule has 0 radical (unpaired) electrons. The number of nitrogens with zero attached hydrogens (tertiary/aromatic N) is 2. The number of anilines is 2. The van der Waals surface area contributed by atoms with Gasteiger partial charge < -0.3 is 14.8 Å². The molecular formula is C22H19N3O2. The molecule has 3 aromatic carbocycles. The number of rotatable bonds is 5. The summed E-state index contributed by atoms with van der Waals surface area (Å²) in [6, 6.07) is 23.7. The summed E-state index contributed by atoms with van der Waals surface area (Å²) in [4.78, 5) is 0. The molecule has 134 valence electrons. The lowest BCUT2D eigenvalue weighted by molar-refractivity contribution is 0.415. The van der Waals surface area contributed by atoms with Crippen LogP contribution in [0.15, 0.2) is 72.8 Å². The van der Waals surface area contributed by atoms with Gasteiger partial charge in [-0.3, -0.25) is 0 Å². The quantitative estimate of drug-likeness (QED) is 0.541. The maximum absolute atomic E-state index is 5.24. The largest absolute Gasteiger partial charge is 0.497 e. The molecule has 0 aliphatic heterocycles. The van der Waals surface area contributed by atoms with E-state index in [0.717, 1.165) is 39.2 Å². The van der Waals surface area contributed by atoms with Crippen molar-refractivity contribution in [1.29, 1.82) is 0 Å². The van der Waals surface area contributed by atoms with E-state index >= 15 is 0 Å². The van der Waals surface area contributed by atoms with E-state index in [-0.39, 0.29) is 0 Å². The molecular weight excluding hydrogens is 338 g/mol. The van der Waals surface area contributed by atoms with Gasteiger partial charge in [-0.25, -0.2) is 0 Å². The van der Waals surface area contributed by atoms with Crippen LogP contribution >= 0.6 is 0 Å². The van der Waals surface area contributed by atoms with Crippen LogP contribution in [0.2, 0.25) is 0 Å². The number of aromatic nitrogens is 2. The molecule has 0 atom stereocenters. The normalized spacial score (nSPS) is 10.6. The number of hydrogen-bond donors (Lipinski definition) is 1. The minimum atomic E-state index is 0.716. The lowest BCUT2D eigenvalue weighted by Crippen LogP contribution is -1.99. The van der Waals surface area contributed by atoms with Crippen LogP contribution in [0.5, 0.6) is 11.5 Å². The Kier molecular flexibility index (Phi) is 4.58. The topological polar surface area (TPSA) is 56.3 Å². The fraction of sp³-hybridized carbons (Fsp3) is 0.0909. The molecule has 0 amide bonds. The van der Waals surface area contributed by atoms with Gasteiger partial charge in [0.05, 0.1) is 14.2 Å². The van der Waals surface area contributed by atoms with Gasteiger partial charge in [-0.1, -0.05) is 24.3 Å². The van der Waals surface area contributed by atoms with Crippen molar-refractivity contribution in [3.05, 3.63) is 72.8 Å². The first-order valence-corrected chi connectivity index (χ1v) is 8.59. The van der Waals surface area contributed by atoms with Crippen molar-refractivity contribution >= 4 is 22.3 Å². The first-order chi connectivity index (χ1) is 13.3. The van der Waals surface area contributed by atoms with Crippen LogP contribution in [0.25, 0.3) is 22.0 Å². The Balaban J connectivity index is 1.75. The second-order valence-corrected chi connectivity index (χ2v) is 6.02. The van der Waals surface area contributed by atoms with Crippen molar-refractivity contribution < 1.29 is 9.47 Å². The highest BCUT2D eigenvalue weighted by Gasteiger charge is 2.11. The maximum atomic E-state index is 5.24. The molecule has 1 aromatic heterocycles. The molecule has 0 saturated carbocycles. The monoisotopic (exact) mass is 357 g/mol. The Bertz CT molecular complexity index is 1060. The summed E-state index contributed by atoms with van der Waals surface area (Å²) in [5, 5.41) is 14.3. The molecule has 1 heterocycles. The molecule has 4 rings (SSSR count). The predicted molar refractivity (Wildman–Crippen MR) is 108 cm³/mol. The van der Waals surface area contributed by atoms with Crippen LogP contribution in [0.3, 0.4) is 0 Å². The van der Waals surface area contributed by atoms with E-state index in [9.17, 15) is 0 Å². The van der Waals surface area contributed by atoms with E-state index < -0.39 is 0 Å². The number of methoxy groups -OCH3 is 2. The second-order valence-electron chi connectivity index (χ2n) is 6.02. The number of fused-ring (bicyclic) bond motifs is 1. The molecule has 0 fully saturated rings. The summed E-state index contributed by atoms with van der Waals surface area (Å²) in [6.07, 6.45) is 0. The van der Waals surface area contributed by atoms with Crippen molar-refractivity contribution in [2.24, 2.45) is 0 Å². The zero-order valence-corrected chi connectivity index (χ0v) is 15.1. The van der Waals surface area contributed by atoms with Crippen LogP contribution < -0.4 is 14.8 Å². The van der Waals surface area contributed by atoms with E-state index in [0.29, 0.717) is 5.82 Å². The molecule has 0 bridgehead atoms. The van der Waals surface area contributed by atoms with E-state index in [2.05, 4.69) is 21.6 Å². The SMILES string of the molecule is COc1ccc(Nc2nnc(-c3ccc(OC)cc3)c3ccccc23)cc1. The molecule has 0 aliphatic rings. The summed E-state index contributed by atoms with van der Waals surface area (Å²) < 4.78 is 10.4. The molecule has 4 aromatic rings. The molecule has 0 aliphatic carbocycles. The van der Waals surface area contributed by atoms with Crippen molar-refractivity contribution in [2.45, 2.75) is 0 Å². The van der Waals surface area contributed by atoms with Crippen molar-refractivity contribution in [3.63, 3.8) is 0 Å². The third kappa shape index (κ3) is 3.40. The van der Waals surface area contributed by atoms with Gasteiger partial charge in [0.15, 0.2) is 5.82 Å². The third-order valence-electron chi connectivity index (χ3n) is 4.40. The number of nitrogens with one attached hydrogen (secondary N) is 1. The minimum absolute atomic E-state index is 0.716. The van der Waals surface area contributed by atoms with Gasteiger partial charge in [-0.2, -0.15) is 0 Å². The van der Waals surface area contributed by atoms with Crippen molar-refractivity contribution in [2.75, 3.05) is 19.5 Å². The zero-order chi connectivity index (χ0) is 18.6. The van der Waals surface area contributed by atoms with Gasteiger partial charge in [0.1, 0.15) is 17.2 Å². The lowest BCUT2D eigenvalue weighted by atomic mass is 10.0. The highest BCUT2D eigenvalue weighted by Crippen LogP contribution is 2.32. The number of hydrogen-bond acceptors (Lipinski definition) is 5. The Morgan fingerprint density at radius 3 is 1.89 bits per heavy atom. The predicted octanol–water partition coefficient (Wildman–Crippen LogP) is 5.06. The Morgan fingerprint density at radius 1 is 0.667 bits per heavy atom. The van der Waals surface area contributed by atoms with E-state index in [1.165, 1.54) is 0 Å². The van der Waals surface area contributed by atoms with E-state index in [1.54, 1.807) is 14.2 Å². The number of benzene rings is 3. The minimum Gasteiger partial charge on any atom is -0.497 e. The van der Waals surface area contributed by atoms with Gasteiger partial charge >= 0.3 is 0 Å². The third-order valence-corrected chi connectivity index (χ3v) is 4.40. The first-order valence-electron chi connectivity index (χ1n) is 8.59. The first kappa shape index (κ1) is 16.8. The highest BCUT2D eigenvalue weighted by atomic mass is 16.5. The van der Waals surface area contributed by atoms with Crippen LogP contribution in [-0.2, 0) is 0 Å². The second kappa shape index (κ2) is 7.33. The smallest absolute Gasteiger partial charge is 0.161 e. The zero-order valence-electron chi connectivity index (χ0n) is 15.1. The molecule has 0 unspecified atom stereocenters. The Morgan fingerprint density at radius 2 is 1.26 bits per heavy atom. The van der Waals surface area contributed by atoms with Gasteiger partial charge in [0, 0.05) is 22.0 Å². The summed E-state index contributed by atoms with van der Waals surface area (Å²) in [5.74, 6) is 2.34. The molecule has 1 N–H and O–H groups in total. The van der Waals surface area contributed by atoms with Crippen LogP contribution in [0.4, 0.5) is 11.5 Å². The number of ether oxygens (including phenoxy) is 2. The van der Waals surface area contributed by atoms with E-state index in [1.807, 2.05) is 66.7 Å². The van der Waals surface area contributed by atoms with Gasteiger partial charge in [-0.15, -0.1) is 10.2 Å². The average Bonchev–Trinajstić information content (AvgIpc) is 2.75. The fourth-order valence-electron chi connectivity index (χ4n) is 2.97. The van der Waals surface area contributed by atoms with Gasteiger partial charge in [0.2, 0.25) is 0 Å². The molecule has 5 heteroatoms. The van der Waals surface area contributed by atoms with Gasteiger partial charge in [-0.05, 0) is 48.5 Å². The highest BCUT2D eigenvalue weighted by molar-refractivity contribution is 6.00. The van der Waals surface area contributed by atoms with Crippen molar-refractivity contribution in [3.8, 4) is 22.8 Å². The van der Waals surface area contributed by atoms with Crippen molar-refractivity contribution in [1.82, 2.24) is 10.2 Å².